The Morgan fingerprint density at radius 2 is 1.89 bits per heavy atom. The Kier molecular flexibility index (Phi) is 7.11. The summed E-state index contributed by atoms with van der Waals surface area (Å²) in [6.45, 7) is 12.7. The highest BCUT2D eigenvalue weighted by Gasteiger charge is 2.28. The first-order valence-electron chi connectivity index (χ1n) is 7.41. The van der Waals surface area contributed by atoms with Gasteiger partial charge in [-0.1, -0.05) is 58.0 Å². The third kappa shape index (κ3) is 5.75. The van der Waals surface area contributed by atoms with Gasteiger partial charge in [-0.3, -0.25) is 0 Å². The lowest BCUT2D eigenvalue weighted by molar-refractivity contribution is 0.0175. The van der Waals surface area contributed by atoms with Gasteiger partial charge in [0.2, 0.25) is 0 Å². The molecule has 0 spiro atoms. The molecule has 0 saturated carbocycles. The van der Waals surface area contributed by atoms with Crippen LogP contribution < -0.4 is 5.32 Å². The molecule has 1 atom stereocenters. The quantitative estimate of drug-likeness (QED) is 0.683. The Bertz CT molecular complexity index is 336. The number of nitrogens with one attached hydrogen (secondary N) is 1. The molecule has 0 radical (unpaired) electrons. The summed E-state index contributed by atoms with van der Waals surface area (Å²) in [7, 11) is 0. The zero-order valence-corrected chi connectivity index (χ0v) is 12.9. The predicted octanol–water partition coefficient (Wildman–Crippen LogP) is 3.87. The molecule has 0 aliphatic rings. The molecule has 2 heteroatoms. The van der Waals surface area contributed by atoms with Crippen molar-refractivity contribution < 1.29 is 4.74 Å². The molecule has 108 valence electrons. The van der Waals surface area contributed by atoms with Crippen LogP contribution in [0.1, 0.15) is 39.7 Å². The van der Waals surface area contributed by atoms with Gasteiger partial charge in [-0.25, -0.2) is 0 Å². The van der Waals surface area contributed by atoms with Crippen molar-refractivity contribution in [2.24, 2.45) is 11.3 Å². The SMILES string of the molecule is CCCNCC(C)(COCc1ccccc1)C(C)C. The van der Waals surface area contributed by atoms with Crippen LogP contribution in [0.15, 0.2) is 30.3 Å². The van der Waals surface area contributed by atoms with Crippen molar-refractivity contribution in [1.29, 1.82) is 0 Å². The van der Waals surface area contributed by atoms with E-state index in [4.69, 9.17) is 4.74 Å². The van der Waals surface area contributed by atoms with Crippen LogP contribution in [0.3, 0.4) is 0 Å². The van der Waals surface area contributed by atoms with Gasteiger partial charge in [0.05, 0.1) is 13.2 Å². The van der Waals surface area contributed by atoms with Crippen LogP contribution in [-0.2, 0) is 11.3 Å². The second kappa shape index (κ2) is 8.34. The largest absolute Gasteiger partial charge is 0.376 e. The minimum Gasteiger partial charge on any atom is -0.376 e. The summed E-state index contributed by atoms with van der Waals surface area (Å²) < 4.78 is 5.94. The van der Waals surface area contributed by atoms with Crippen LogP contribution in [0.5, 0.6) is 0 Å². The Morgan fingerprint density at radius 3 is 2.47 bits per heavy atom. The molecule has 1 aromatic rings. The number of hydrogen-bond acceptors (Lipinski definition) is 2. The number of rotatable bonds is 9. The number of ether oxygens (including phenoxy) is 1. The lowest BCUT2D eigenvalue weighted by Crippen LogP contribution is -2.40. The van der Waals surface area contributed by atoms with E-state index in [-0.39, 0.29) is 5.41 Å². The second-order valence-electron chi connectivity index (χ2n) is 5.96. The summed E-state index contributed by atoms with van der Waals surface area (Å²) >= 11 is 0. The van der Waals surface area contributed by atoms with Crippen molar-refractivity contribution >= 4 is 0 Å². The van der Waals surface area contributed by atoms with Crippen molar-refractivity contribution in [3.05, 3.63) is 35.9 Å². The zero-order valence-electron chi connectivity index (χ0n) is 12.9. The maximum absolute atomic E-state index is 5.94. The summed E-state index contributed by atoms with van der Waals surface area (Å²) in [5.74, 6) is 0.604. The third-order valence-corrected chi connectivity index (χ3v) is 3.89. The van der Waals surface area contributed by atoms with Crippen LogP contribution in [0.4, 0.5) is 0 Å². The van der Waals surface area contributed by atoms with Gasteiger partial charge in [0, 0.05) is 12.0 Å². The molecule has 1 unspecified atom stereocenters. The zero-order chi connectivity index (χ0) is 14.1. The molecule has 1 aromatic carbocycles. The van der Waals surface area contributed by atoms with Crippen LogP contribution in [0.25, 0.3) is 0 Å². The van der Waals surface area contributed by atoms with E-state index in [1.54, 1.807) is 0 Å². The molecule has 0 fully saturated rings. The van der Waals surface area contributed by atoms with E-state index in [0.717, 1.165) is 19.7 Å². The molecule has 0 bridgehead atoms. The first kappa shape index (κ1) is 16.2. The van der Waals surface area contributed by atoms with Gasteiger partial charge < -0.3 is 10.1 Å². The maximum atomic E-state index is 5.94. The van der Waals surface area contributed by atoms with E-state index < -0.39 is 0 Å². The van der Waals surface area contributed by atoms with Crippen molar-refractivity contribution in [1.82, 2.24) is 5.32 Å². The first-order chi connectivity index (χ1) is 9.08. The molecule has 0 aliphatic carbocycles. The fraction of sp³-hybridized carbons (Fsp3) is 0.647. The van der Waals surface area contributed by atoms with Gasteiger partial charge in [-0.15, -0.1) is 0 Å². The van der Waals surface area contributed by atoms with Gasteiger partial charge >= 0.3 is 0 Å². The molecule has 0 heterocycles. The molecule has 2 nitrogen and oxygen atoms in total. The molecule has 1 N–H and O–H groups in total. The second-order valence-corrected chi connectivity index (χ2v) is 5.96. The van der Waals surface area contributed by atoms with Crippen LogP contribution >= 0.6 is 0 Å². The highest BCUT2D eigenvalue weighted by molar-refractivity contribution is 5.13. The van der Waals surface area contributed by atoms with Gasteiger partial charge in [-0.2, -0.15) is 0 Å². The summed E-state index contributed by atoms with van der Waals surface area (Å²) in [6, 6.07) is 10.4. The van der Waals surface area contributed by atoms with E-state index in [2.05, 4.69) is 57.3 Å². The first-order valence-corrected chi connectivity index (χ1v) is 7.41. The topological polar surface area (TPSA) is 21.3 Å². The van der Waals surface area contributed by atoms with E-state index >= 15 is 0 Å². The lowest BCUT2D eigenvalue weighted by atomic mass is 9.79. The van der Waals surface area contributed by atoms with Gasteiger partial charge in [-0.05, 0) is 24.4 Å². The Morgan fingerprint density at radius 1 is 1.21 bits per heavy atom. The molecule has 19 heavy (non-hydrogen) atoms. The van der Waals surface area contributed by atoms with E-state index in [1.165, 1.54) is 12.0 Å². The summed E-state index contributed by atoms with van der Waals surface area (Å²) in [5, 5.41) is 3.53. The van der Waals surface area contributed by atoms with E-state index in [9.17, 15) is 0 Å². The highest BCUT2D eigenvalue weighted by Crippen LogP contribution is 2.27. The Labute approximate surface area is 118 Å². The fourth-order valence-corrected chi connectivity index (χ4v) is 1.95. The summed E-state index contributed by atoms with van der Waals surface area (Å²) in [6.07, 6.45) is 1.18. The van der Waals surface area contributed by atoms with Gasteiger partial charge in [0.25, 0.3) is 0 Å². The standard InChI is InChI=1S/C17H29NO/c1-5-11-18-13-17(4,15(2)3)14-19-12-16-9-7-6-8-10-16/h6-10,15,18H,5,11-14H2,1-4H3. The average molecular weight is 263 g/mol. The van der Waals surface area contributed by atoms with E-state index in [0.29, 0.717) is 12.5 Å². The molecule has 0 aromatic heterocycles. The van der Waals surface area contributed by atoms with E-state index in [1.807, 2.05) is 6.07 Å². The minimum atomic E-state index is 0.198. The predicted molar refractivity (Wildman–Crippen MR) is 82.2 cm³/mol. The van der Waals surface area contributed by atoms with Crippen molar-refractivity contribution in [3.8, 4) is 0 Å². The molecule has 1 rings (SSSR count). The number of hydrogen-bond donors (Lipinski definition) is 1. The van der Waals surface area contributed by atoms with Crippen molar-refractivity contribution in [3.63, 3.8) is 0 Å². The molecule has 0 saturated heterocycles. The average Bonchev–Trinajstić information content (AvgIpc) is 2.40. The maximum Gasteiger partial charge on any atom is 0.0717 e. The van der Waals surface area contributed by atoms with Crippen molar-refractivity contribution in [2.45, 2.75) is 40.7 Å². The van der Waals surface area contributed by atoms with Crippen molar-refractivity contribution in [2.75, 3.05) is 19.7 Å². The molecular weight excluding hydrogens is 234 g/mol. The van der Waals surface area contributed by atoms with Gasteiger partial charge in [0.15, 0.2) is 0 Å². The Hall–Kier alpha value is -0.860. The molecule has 0 amide bonds. The number of benzene rings is 1. The summed E-state index contributed by atoms with van der Waals surface area (Å²) in [5.41, 5.74) is 1.44. The molecular formula is C17H29NO. The van der Waals surface area contributed by atoms with Crippen LogP contribution in [0.2, 0.25) is 0 Å². The van der Waals surface area contributed by atoms with Crippen LogP contribution in [0, 0.1) is 11.3 Å². The smallest absolute Gasteiger partial charge is 0.0717 e. The van der Waals surface area contributed by atoms with Gasteiger partial charge in [0.1, 0.15) is 0 Å². The lowest BCUT2D eigenvalue weighted by Gasteiger charge is -2.34. The molecule has 0 aliphatic heterocycles. The normalized spacial score (nSPS) is 14.6. The summed E-state index contributed by atoms with van der Waals surface area (Å²) in [4.78, 5) is 0. The third-order valence-electron chi connectivity index (χ3n) is 3.89. The Balaban J connectivity index is 2.40. The minimum absolute atomic E-state index is 0.198. The monoisotopic (exact) mass is 263 g/mol. The fourth-order valence-electron chi connectivity index (χ4n) is 1.95. The van der Waals surface area contributed by atoms with Crippen LogP contribution in [-0.4, -0.2) is 19.7 Å². The highest BCUT2D eigenvalue weighted by atomic mass is 16.5.